The number of hydrogen-bond donors (Lipinski definition) is 0. The molecule has 2 heteroatoms. The van der Waals surface area contributed by atoms with E-state index in [1.165, 1.54) is 106 Å². The van der Waals surface area contributed by atoms with E-state index < -0.39 is 0 Å². The molecule has 0 aromatic rings. The first kappa shape index (κ1) is 19.0. The van der Waals surface area contributed by atoms with Crippen LogP contribution in [0, 0.1) is 0 Å². The summed E-state index contributed by atoms with van der Waals surface area (Å²) in [6, 6.07) is 0. The first-order valence-corrected chi connectivity index (χ1v) is 9.86. The quantitative estimate of drug-likeness (QED) is 0.369. The molecule has 2 nitrogen and oxygen atoms in total. The Morgan fingerprint density at radius 3 is 1.76 bits per heavy atom. The van der Waals surface area contributed by atoms with Crippen molar-refractivity contribution in [3.05, 3.63) is 0 Å². The van der Waals surface area contributed by atoms with Crippen LogP contribution in [-0.2, 0) is 0 Å². The standard InChI is InChI=1S/C19H42N2/c1-5-20(6-2,7-3)16-12-10-9-11-13-17-21(8-4)18-14-15-19-21/h5-19H2,1-4H3/q+2. The predicted molar refractivity (Wildman–Crippen MR) is 94.5 cm³/mol. The number of likely N-dealkylation sites (tertiary alicyclic amines) is 1. The van der Waals surface area contributed by atoms with E-state index in [-0.39, 0.29) is 0 Å². The predicted octanol–water partition coefficient (Wildman–Crippen LogP) is 4.44. The molecule has 0 N–H and O–H groups in total. The second-order valence-electron chi connectivity index (χ2n) is 7.32. The normalized spacial score (nSPS) is 18.3. The summed E-state index contributed by atoms with van der Waals surface area (Å²) in [4.78, 5) is 0. The van der Waals surface area contributed by atoms with Crippen molar-refractivity contribution in [1.29, 1.82) is 0 Å². The van der Waals surface area contributed by atoms with Gasteiger partial charge in [0, 0.05) is 12.8 Å². The molecule has 0 unspecified atom stereocenters. The largest absolute Gasteiger partial charge is 0.324 e. The van der Waals surface area contributed by atoms with Crippen LogP contribution in [0.2, 0.25) is 0 Å². The summed E-state index contributed by atoms with van der Waals surface area (Å²) >= 11 is 0. The summed E-state index contributed by atoms with van der Waals surface area (Å²) in [6.07, 6.45) is 10.2. The summed E-state index contributed by atoms with van der Waals surface area (Å²) < 4.78 is 2.76. The third kappa shape index (κ3) is 5.90. The Bertz CT molecular complexity index is 232. The third-order valence-corrected chi connectivity index (χ3v) is 6.46. The van der Waals surface area contributed by atoms with Crippen molar-refractivity contribution >= 4 is 0 Å². The Balaban J connectivity index is 2.07. The van der Waals surface area contributed by atoms with E-state index in [9.17, 15) is 0 Å². The number of rotatable bonds is 12. The van der Waals surface area contributed by atoms with Gasteiger partial charge in [0.25, 0.3) is 0 Å². The fraction of sp³-hybridized carbons (Fsp3) is 1.00. The molecule has 0 aromatic heterocycles. The molecule has 21 heavy (non-hydrogen) atoms. The molecular weight excluding hydrogens is 256 g/mol. The maximum Gasteiger partial charge on any atom is 0.0788 e. The molecule has 1 aliphatic rings. The molecule has 0 saturated carbocycles. The second kappa shape index (κ2) is 9.84. The summed E-state index contributed by atoms with van der Waals surface area (Å²) in [7, 11) is 0. The molecule has 1 fully saturated rings. The molecular formula is C19H42N2+2. The highest BCUT2D eigenvalue weighted by molar-refractivity contribution is 4.55. The van der Waals surface area contributed by atoms with Crippen LogP contribution in [0.15, 0.2) is 0 Å². The molecule has 0 radical (unpaired) electrons. The van der Waals surface area contributed by atoms with Crippen LogP contribution in [-0.4, -0.2) is 61.3 Å². The Hall–Kier alpha value is -0.0800. The molecule has 1 saturated heterocycles. The van der Waals surface area contributed by atoms with Gasteiger partial charge in [-0.1, -0.05) is 6.42 Å². The molecule has 0 atom stereocenters. The van der Waals surface area contributed by atoms with Gasteiger partial charge in [0.2, 0.25) is 0 Å². The lowest BCUT2D eigenvalue weighted by Crippen LogP contribution is -2.48. The van der Waals surface area contributed by atoms with E-state index in [0.29, 0.717) is 0 Å². The van der Waals surface area contributed by atoms with Gasteiger partial charge >= 0.3 is 0 Å². The van der Waals surface area contributed by atoms with Crippen molar-refractivity contribution in [1.82, 2.24) is 0 Å². The minimum absolute atomic E-state index is 1.31. The SMILES string of the molecule is CC[N+](CC)(CC)CCCCCCC[N+]1(CC)CCCC1. The van der Waals surface area contributed by atoms with Crippen molar-refractivity contribution in [2.24, 2.45) is 0 Å². The summed E-state index contributed by atoms with van der Waals surface area (Å²) in [5.74, 6) is 0. The van der Waals surface area contributed by atoms with Crippen molar-refractivity contribution in [3.8, 4) is 0 Å². The molecule has 0 amide bonds. The summed E-state index contributed by atoms with van der Waals surface area (Å²) in [6.45, 7) is 20.5. The van der Waals surface area contributed by atoms with Gasteiger partial charge in [-0.3, -0.25) is 0 Å². The average Bonchev–Trinajstić information content (AvgIpc) is 3.00. The van der Waals surface area contributed by atoms with E-state index in [0.717, 1.165) is 0 Å². The second-order valence-corrected chi connectivity index (χ2v) is 7.32. The highest BCUT2D eigenvalue weighted by atomic mass is 15.4. The first-order valence-electron chi connectivity index (χ1n) is 9.86. The molecule has 0 aliphatic carbocycles. The molecule has 1 aliphatic heterocycles. The van der Waals surface area contributed by atoms with Gasteiger partial charge < -0.3 is 8.97 Å². The molecule has 0 spiro atoms. The van der Waals surface area contributed by atoms with Gasteiger partial charge in [-0.2, -0.15) is 0 Å². The highest BCUT2D eigenvalue weighted by Gasteiger charge is 2.28. The number of unbranched alkanes of at least 4 members (excludes halogenated alkanes) is 4. The van der Waals surface area contributed by atoms with Crippen LogP contribution in [0.4, 0.5) is 0 Å². The maximum absolute atomic E-state index is 2.39. The molecule has 126 valence electrons. The lowest BCUT2D eigenvalue weighted by Gasteiger charge is -2.36. The van der Waals surface area contributed by atoms with Gasteiger partial charge in [0.05, 0.1) is 52.4 Å². The van der Waals surface area contributed by atoms with Crippen LogP contribution < -0.4 is 0 Å². The van der Waals surface area contributed by atoms with Crippen LogP contribution in [0.5, 0.6) is 0 Å². The zero-order valence-electron chi connectivity index (χ0n) is 15.5. The lowest BCUT2D eigenvalue weighted by atomic mass is 10.1. The van der Waals surface area contributed by atoms with Gasteiger partial charge in [-0.15, -0.1) is 0 Å². The van der Waals surface area contributed by atoms with E-state index in [1.807, 2.05) is 0 Å². The Morgan fingerprint density at radius 2 is 1.24 bits per heavy atom. The topological polar surface area (TPSA) is 0 Å². The zero-order valence-corrected chi connectivity index (χ0v) is 15.5. The Morgan fingerprint density at radius 1 is 0.714 bits per heavy atom. The van der Waals surface area contributed by atoms with E-state index >= 15 is 0 Å². The minimum atomic E-state index is 1.31. The highest BCUT2D eigenvalue weighted by Crippen LogP contribution is 2.20. The van der Waals surface area contributed by atoms with Crippen LogP contribution >= 0.6 is 0 Å². The Labute approximate surface area is 134 Å². The van der Waals surface area contributed by atoms with E-state index in [4.69, 9.17) is 0 Å². The molecule has 0 bridgehead atoms. The smallest absolute Gasteiger partial charge is 0.0788 e. The van der Waals surface area contributed by atoms with Crippen molar-refractivity contribution in [2.45, 2.75) is 72.6 Å². The fourth-order valence-electron chi connectivity index (χ4n) is 4.27. The number of quaternary nitrogens is 2. The van der Waals surface area contributed by atoms with Gasteiger partial charge in [0.1, 0.15) is 0 Å². The maximum atomic E-state index is 2.39. The first-order chi connectivity index (χ1) is 10.2. The third-order valence-electron chi connectivity index (χ3n) is 6.46. The van der Waals surface area contributed by atoms with Gasteiger partial charge in [-0.25, -0.2) is 0 Å². The van der Waals surface area contributed by atoms with Crippen LogP contribution in [0.25, 0.3) is 0 Å². The zero-order chi connectivity index (χ0) is 15.6. The fourth-order valence-corrected chi connectivity index (χ4v) is 4.27. The van der Waals surface area contributed by atoms with Crippen molar-refractivity contribution in [2.75, 3.05) is 52.4 Å². The van der Waals surface area contributed by atoms with Crippen molar-refractivity contribution < 1.29 is 8.97 Å². The number of nitrogens with zero attached hydrogens (tertiary/aromatic N) is 2. The van der Waals surface area contributed by atoms with Crippen LogP contribution in [0.1, 0.15) is 72.6 Å². The van der Waals surface area contributed by atoms with E-state index in [1.54, 1.807) is 0 Å². The minimum Gasteiger partial charge on any atom is -0.324 e. The van der Waals surface area contributed by atoms with Crippen molar-refractivity contribution in [3.63, 3.8) is 0 Å². The van der Waals surface area contributed by atoms with Gasteiger partial charge in [0.15, 0.2) is 0 Å². The van der Waals surface area contributed by atoms with E-state index in [2.05, 4.69) is 27.7 Å². The van der Waals surface area contributed by atoms with Crippen LogP contribution in [0.3, 0.4) is 0 Å². The monoisotopic (exact) mass is 298 g/mol. The average molecular weight is 299 g/mol. The summed E-state index contributed by atoms with van der Waals surface area (Å²) in [5.41, 5.74) is 0. The number of hydrogen-bond acceptors (Lipinski definition) is 0. The molecule has 0 aromatic carbocycles. The summed E-state index contributed by atoms with van der Waals surface area (Å²) in [5, 5.41) is 0. The molecule has 1 rings (SSSR count). The molecule has 1 heterocycles. The lowest BCUT2D eigenvalue weighted by molar-refractivity contribution is -0.923. The van der Waals surface area contributed by atoms with Gasteiger partial charge in [-0.05, 0) is 53.4 Å². The Kier molecular flexibility index (Phi) is 8.89.